The van der Waals surface area contributed by atoms with Crippen molar-refractivity contribution in [1.29, 1.82) is 0 Å². The molecule has 2 fully saturated rings. The van der Waals surface area contributed by atoms with Gasteiger partial charge in [0, 0.05) is 37.8 Å². The zero-order valence-electron chi connectivity index (χ0n) is 18.1. The number of benzene rings is 2. The van der Waals surface area contributed by atoms with Gasteiger partial charge in [-0.05, 0) is 54.3 Å². The molecule has 0 aromatic heterocycles. The highest BCUT2D eigenvalue weighted by atomic mass is 16.5. The SMILES string of the molecule is COc1ccc(CN2CCC(NC(=O)/C=C/c3ccc(N4CCCC4=O)cc3)C2=O)cc1. The van der Waals surface area contributed by atoms with Gasteiger partial charge in [0.2, 0.25) is 17.7 Å². The zero-order chi connectivity index (χ0) is 22.5. The number of anilines is 1. The highest BCUT2D eigenvalue weighted by Gasteiger charge is 2.32. The maximum Gasteiger partial charge on any atom is 0.245 e. The predicted octanol–water partition coefficient (Wildman–Crippen LogP) is 2.75. The molecule has 1 atom stereocenters. The Bertz CT molecular complexity index is 1010. The summed E-state index contributed by atoms with van der Waals surface area (Å²) in [6, 6.07) is 14.6. The molecular formula is C25H27N3O4. The fourth-order valence-corrected chi connectivity index (χ4v) is 4.06. The van der Waals surface area contributed by atoms with Crippen molar-refractivity contribution in [2.24, 2.45) is 0 Å². The van der Waals surface area contributed by atoms with Crippen LogP contribution in [0.3, 0.4) is 0 Å². The summed E-state index contributed by atoms with van der Waals surface area (Å²) in [6.07, 6.45) is 5.22. The van der Waals surface area contributed by atoms with Crippen LogP contribution >= 0.6 is 0 Å². The second kappa shape index (κ2) is 9.68. The third-order valence-corrected chi connectivity index (χ3v) is 5.85. The quantitative estimate of drug-likeness (QED) is 0.681. The number of carbonyl (C=O) groups is 3. The van der Waals surface area contributed by atoms with E-state index in [1.165, 1.54) is 6.08 Å². The van der Waals surface area contributed by atoms with Crippen LogP contribution < -0.4 is 15.0 Å². The minimum absolute atomic E-state index is 0.0674. The maximum absolute atomic E-state index is 12.7. The first-order chi connectivity index (χ1) is 15.5. The Balaban J connectivity index is 1.28. The molecule has 2 saturated heterocycles. The van der Waals surface area contributed by atoms with Crippen molar-refractivity contribution in [3.05, 3.63) is 65.7 Å². The first-order valence-electron chi connectivity index (χ1n) is 10.8. The van der Waals surface area contributed by atoms with Crippen molar-refractivity contribution in [2.45, 2.75) is 31.8 Å². The summed E-state index contributed by atoms with van der Waals surface area (Å²) in [6.45, 7) is 1.87. The molecule has 4 rings (SSSR count). The molecule has 0 saturated carbocycles. The van der Waals surface area contributed by atoms with Crippen LogP contribution in [0.5, 0.6) is 5.75 Å². The number of likely N-dealkylation sites (tertiary alicyclic amines) is 1. The van der Waals surface area contributed by atoms with Gasteiger partial charge >= 0.3 is 0 Å². The summed E-state index contributed by atoms with van der Waals surface area (Å²) in [5.41, 5.74) is 2.75. The highest BCUT2D eigenvalue weighted by Crippen LogP contribution is 2.22. The number of nitrogens with one attached hydrogen (secondary N) is 1. The Hall–Kier alpha value is -3.61. The lowest BCUT2D eigenvalue weighted by molar-refractivity contribution is -0.132. The largest absolute Gasteiger partial charge is 0.497 e. The van der Waals surface area contributed by atoms with Gasteiger partial charge in [0.1, 0.15) is 11.8 Å². The van der Waals surface area contributed by atoms with Gasteiger partial charge in [0.25, 0.3) is 0 Å². The molecule has 3 amide bonds. The number of nitrogens with zero attached hydrogens (tertiary/aromatic N) is 2. The van der Waals surface area contributed by atoms with Gasteiger partial charge in [-0.2, -0.15) is 0 Å². The number of methoxy groups -OCH3 is 1. The third-order valence-electron chi connectivity index (χ3n) is 5.85. The van der Waals surface area contributed by atoms with E-state index in [4.69, 9.17) is 4.74 Å². The number of amides is 3. The molecule has 2 aromatic carbocycles. The van der Waals surface area contributed by atoms with Gasteiger partial charge in [-0.25, -0.2) is 0 Å². The topological polar surface area (TPSA) is 79.0 Å². The number of hydrogen-bond acceptors (Lipinski definition) is 4. The van der Waals surface area contributed by atoms with Gasteiger partial charge in [-0.15, -0.1) is 0 Å². The fourth-order valence-electron chi connectivity index (χ4n) is 4.06. The summed E-state index contributed by atoms with van der Waals surface area (Å²) in [7, 11) is 1.62. The number of rotatable bonds is 7. The summed E-state index contributed by atoms with van der Waals surface area (Å²) in [5, 5.41) is 2.80. The first-order valence-corrected chi connectivity index (χ1v) is 10.8. The first kappa shape index (κ1) is 21.6. The lowest BCUT2D eigenvalue weighted by atomic mass is 10.1. The maximum atomic E-state index is 12.7. The molecular weight excluding hydrogens is 406 g/mol. The van der Waals surface area contributed by atoms with Crippen LogP contribution in [-0.2, 0) is 20.9 Å². The molecule has 0 aliphatic carbocycles. The lowest BCUT2D eigenvalue weighted by Gasteiger charge is -2.17. The van der Waals surface area contributed by atoms with Crippen molar-refractivity contribution < 1.29 is 19.1 Å². The van der Waals surface area contributed by atoms with E-state index in [2.05, 4.69) is 5.32 Å². The van der Waals surface area contributed by atoms with Crippen LogP contribution in [0.4, 0.5) is 5.69 Å². The van der Waals surface area contributed by atoms with E-state index >= 15 is 0 Å². The minimum Gasteiger partial charge on any atom is -0.497 e. The molecule has 2 aliphatic rings. The van der Waals surface area contributed by atoms with Gasteiger partial charge in [-0.3, -0.25) is 14.4 Å². The second-order valence-electron chi connectivity index (χ2n) is 8.03. The molecule has 7 nitrogen and oxygen atoms in total. The Kier molecular flexibility index (Phi) is 6.54. The van der Waals surface area contributed by atoms with Gasteiger partial charge in [0.05, 0.1) is 7.11 Å². The van der Waals surface area contributed by atoms with Crippen molar-refractivity contribution >= 4 is 29.5 Å². The van der Waals surface area contributed by atoms with Gasteiger partial charge in [0.15, 0.2) is 0 Å². The van der Waals surface area contributed by atoms with Crippen molar-refractivity contribution in [3.8, 4) is 5.75 Å². The van der Waals surface area contributed by atoms with Crippen molar-refractivity contribution in [1.82, 2.24) is 10.2 Å². The standard InChI is InChI=1S/C25H27N3O4/c1-32-21-11-6-19(7-12-21)17-27-16-14-22(25(27)31)26-23(29)13-8-18-4-9-20(10-5-18)28-15-2-3-24(28)30/h4-13,22H,2-3,14-17H2,1H3,(H,26,29)/b13-8+. The van der Waals surface area contributed by atoms with E-state index in [1.54, 1.807) is 23.0 Å². The highest BCUT2D eigenvalue weighted by molar-refractivity contribution is 5.97. The smallest absolute Gasteiger partial charge is 0.245 e. The van der Waals surface area contributed by atoms with E-state index in [0.29, 0.717) is 25.9 Å². The summed E-state index contributed by atoms with van der Waals surface area (Å²) >= 11 is 0. The summed E-state index contributed by atoms with van der Waals surface area (Å²) in [4.78, 5) is 40.4. The fraction of sp³-hybridized carbons (Fsp3) is 0.320. The van der Waals surface area contributed by atoms with Crippen LogP contribution in [-0.4, -0.2) is 48.9 Å². The minimum atomic E-state index is -0.506. The number of ether oxygens (including phenoxy) is 1. The molecule has 1 unspecified atom stereocenters. The molecule has 1 N–H and O–H groups in total. The van der Waals surface area contributed by atoms with Gasteiger partial charge in [-0.1, -0.05) is 24.3 Å². The molecule has 2 heterocycles. The van der Waals surface area contributed by atoms with Crippen LogP contribution in [0, 0.1) is 0 Å². The Labute approximate surface area is 187 Å². The van der Waals surface area contributed by atoms with Crippen LogP contribution in [0.2, 0.25) is 0 Å². The molecule has 32 heavy (non-hydrogen) atoms. The monoisotopic (exact) mass is 433 g/mol. The number of hydrogen-bond donors (Lipinski definition) is 1. The molecule has 166 valence electrons. The Morgan fingerprint density at radius 2 is 1.84 bits per heavy atom. The lowest BCUT2D eigenvalue weighted by Crippen LogP contribution is -2.40. The molecule has 0 spiro atoms. The van der Waals surface area contributed by atoms with Crippen molar-refractivity contribution in [2.75, 3.05) is 25.1 Å². The molecule has 2 aromatic rings. The van der Waals surface area contributed by atoms with Crippen LogP contribution in [0.1, 0.15) is 30.4 Å². The predicted molar refractivity (Wildman–Crippen MR) is 122 cm³/mol. The average molecular weight is 434 g/mol. The van der Waals surface area contributed by atoms with Gasteiger partial charge < -0.3 is 19.9 Å². The van der Waals surface area contributed by atoms with Crippen LogP contribution in [0.25, 0.3) is 6.08 Å². The van der Waals surface area contributed by atoms with E-state index in [9.17, 15) is 14.4 Å². The van der Waals surface area contributed by atoms with E-state index in [0.717, 1.165) is 35.5 Å². The number of carbonyl (C=O) groups excluding carboxylic acids is 3. The molecule has 7 heteroatoms. The Morgan fingerprint density at radius 1 is 1.09 bits per heavy atom. The van der Waals surface area contributed by atoms with E-state index < -0.39 is 6.04 Å². The third kappa shape index (κ3) is 4.99. The second-order valence-corrected chi connectivity index (χ2v) is 8.03. The van der Waals surface area contributed by atoms with Crippen molar-refractivity contribution in [3.63, 3.8) is 0 Å². The average Bonchev–Trinajstić information content (AvgIpc) is 3.39. The zero-order valence-corrected chi connectivity index (χ0v) is 18.1. The normalized spacial score (nSPS) is 18.6. The summed E-state index contributed by atoms with van der Waals surface area (Å²) in [5.74, 6) is 0.559. The Morgan fingerprint density at radius 3 is 2.50 bits per heavy atom. The van der Waals surface area contributed by atoms with E-state index in [1.807, 2.05) is 48.5 Å². The van der Waals surface area contributed by atoms with E-state index in [-0.39, 0.29) is 17.7 Å². The molecule has 0 radical (unpaired) electrons. The van der Waals surface area contributed by atoms with Crippen LogP contribution in [0.15, 0.2) is 54.6 Å². The molecule has 2 aliphatic heterocycles. The molecule has 0 bridgehead atoms. The summed E-state index contributed by atoms with van der Waals surface area (Å²) < 4.78 is 5.16.